The molecule has 2 amide bonds. The highest BCUT2D eigenvalue weighted by Gasteiger charge is 2.34. The number of rotatable bonds is 4. The van der Waals surface area contributed by atoms with Crippen LogP contribution in [0.3, 0.4) is 0 Å². The number of cyclic esters (lactones) is 1. The SMILES string of the molecule is CC(C)(C)OC(=O)N1CCN(c2c(F)cc(N3CC(Cn4ccnn4)OC3=O)cc2F)CC1. The van der Waals surface area contributed by atoms with E-state index in [1.54, 1.807) is 31.9 Å². The second-order valence-corrected chi connectivity index (χ2v) is 8.95. The van der Waals surface area contributed by atoms with E-state index in [9.17, 15) is 18.4 Å². The van der Waals surface area contributed by atoms with Gasteiger partial charge in [0.25, 0.3) is 0 Å². The lowest BCUT2D eigenvalue weighted by atomic mass is 10.2. The van der Waals surface area contributed by atoms with Crippen LogP contribution in [-0.4, -0.2) is 76.5 Å². The second-order valence-electron chi connectivity index (χ2n) is 8.95. The topological polar surface area (TPSA) is 93.0 Å². The summed E-state index contributed by atoms with van der Waals surface area (Å²) in [6, 6.07) is 2.25. The normalized spacial score (nSPS) is 19.1. The average Bonchev–Trinajstić information content (AvgIpc) is 3.36. The Morgan fingerprint density at radius 2 is 1.85 bits per heavy atom. The Balaban J connectivity index is 1.42. The van der Waals surface area contributed by atoms with E-state index in [1.165, 1.54) is 20.7 Å². The van der Waals surface area contributed by atoms with E-state index >= 15 is 0 Å². The molecule has 0 saturated carbocycles. The van der Waals surface area contributed by atoms with Gasteiger partial charge in [0.1, 0.15) is 17.4 Å². The van der Waals surface area contributed by atoms with Crippen molar-refractivity contribution in [2.24, 2.45) is 0 Å². The molecule has 1 unspecified atom stereocenters. The number of ether oxygens (including phenoxy) is 2. The van der Waals surface area contributed by atoms with Crippen molar-refractivity contribution in [1.82, 2.24) is 19.9 Å². The summed E-state index contributed by atoms with van der Waals surface area (Å²) in [5.74, 6) is -1.58. The number of piperazine rings is 1. The molecule has 2 fully saturated rings. The summed E-state index contributed by atoms with van der Waals surface area (Å²) in [6.45, 7) is 6.80. The maximum Gasteiger partial charge on any atom is 0.414 e. The molecule has 0 radical (unpaired) electrons. The predicted molar refractivity (Wildman–Crippen MR) is 114 cm³/mol. The molecule has 1 aromatic carbocycles. The van der Waals surface area contributed by atoms with Crippen LogP contribution in [0.15, 0.2) is 24.5 Å². The minimum atomic E-state index is -0.789. The third-order valence-electron chi connectivity index (χ3n) is 5.30. The quantitative estimate of drug-likeness (QED) is 0.687. The van der Waals surface area contributed by atoms with Gasteiger partial charge in [-0.2, -0.15) is 0 Å². The fourth-order valence-electron chi connectivity index (χ4n) is 3.82. The number of carbonyl (C=O) groups excluding carboxylic acids is 2. The molecule has 2 aliphatic rings. The molecule has 2 aliphatic heterocycles. The van der Waals surface area contributed by atoms with Crippen molar-refractivity contribution < 1.29 is 27.8 Å². The lowest BCUT2D eigenvalue weighted by Crippen LogP contribution is -2.50. The van der Waals surface area contributed by atoms with Gasteiger partial charge in [0.05, 0.1) is 25.0 Å². The van der Waals surface area contributed by atoms with Gasteiger partial charge in [-0.05, 0) is 20.8 Å². The summed E-state index contributed by atoms with van der Waals surface area (Å²) in [6.07, 6.45) is 1.48. The van der Waals surface area contributed by atoms with Gasteiger partial charge in [-0.15, -0.1) is 5.10 Å². The number of halogens is 2. The van der Waals surface area contributed by atoms with E-state index in [4.69, 9.17) is 9.47 Å². The Bertz CT molecular complexity index is 995. The maximum atomic E-state index is 15.0. The van der Waals surface area contributed by atoms with Crippen LogP contribution >= 0.6 is 0 Å². The molecule has 4 rings (SSSR count). The molecule has 10 nitrogen and oxygen atoms in total. The van der Waals surface area contributed by atoms with Crippen molar-refractivity contribution in [3.05, 3.63) is 36.2 Å². The van der Waals surface area contributed by atoms with Gasteiger partial charge in [0.2, 0.25) is 0 Å². The number of carbonyl (C=O) groups is 2. The zero-order chi connectivity index (χ0) is 23.8. The molecule has 2 aromatic rings. The van der Waals surface area contributed by atoms with Gasteiger partial charge in [0, 0.05) is 44.5 Å². The number of amides is 2. The second kappa shape index (κ2) is 8.83. The van der Waals surface area contributed by atoms with Crippen LogP contribution < -0.4 is 9.80 Å². The number of aromatic nitrogens is 3. The fourth-order valence-corrected chi connectivity index (χ4v) is 3.82. The Labute approximate surface area is 189 Å². The summed E-state index contributed by atoms with van der Waals surface area (Å²) in [5.41, 5.74) is -0.727. The highest BCUT2D eigenvalue weighted by molar-refractivity contribution is 5.90. The molecule has 2 saturated heterocycles. The number of anilines is 2. The van der Waals surface area contributed by atoms with Crippen molar-refractivity contribution in [3.63, 3.8) is 0 Å². The predicted octanol–water partition coefficient (Wildman–Crippen LogP) is 2.64. The lowest BCUT2D eigenvalue weighted by Gasteiger charge is -2.37. The highest BCUT2D eigenvalue weighted by Crippen LogP contribution is 2.32. The summed E-state index contributed by atoms with van der Waals surface area (Å²) in [7, 11) is 0. The molecule has 178 valence electrons. The molecule has 0 spiro atoms. The standard InChI is InChI=1S/C21H26F2N6O4/c1-21(2,3)33-19(30)27-8-6-26(7-9-27)18-16(22)10-14(11-17(18)23)29-13-15(32-20(29)31)12-28-5-4-24-25-28/h4-5,10-11,15H,6-9,12-13H2,1-3H3. The summed E-state index contributed by atoms with van der Waals surface area (Å²) < 4.78 is 42.1. The number of nitrogens with zero attached hydrogens (tertiary/aromatic N) is 6. The smallest absolute Gasteiger partial charge is 0.414 e. The van der Waals surface area contributed by atoms with Crippen molar-refractivity contribution in [1.29, 1.82) is 0 Å². The Kier molecular flexibility index (Phi) is 6.09. The van der Waals surface area contributed by atoms with Crippen molar-refractivity contribution in [3.8, 4) is 0 Å². The van der Waals surface area contributed by atoms with Gasteiger partial charge < -0.3 is 19.3 Å². The van der Waals surface area contributed by atoms with Gasteiger partial charge in [-0.3, -0.25) is 4.90 Å². The average molecular weight is 464 g/mol. The van der Waals surface area contributed by atoms with Gasteiger partial charge in [-0.25, -0.2) is 23.1 Å². The molecular formula is C21H26F2N6O4. The van der Waals surface area contributed by atoms with Crippen molar-refractivity contribution in [2.75, 3.05) is 42.5 Å². The first kappa shape index (κ1) is 22.7. The minimum absolute atomic E-state index is 0.0761. The summed E-state index contributed by atoms with van der Waals surface area (Å²) in [5, 5.41) is 7.52. The van der Waals surface area contributed by atoms with E-state index < -0.39 is 35.5 Å². The lowest BCUT2D eigenvalue weighted by molar-refractivity contribution is 0.0240. The van der Waals surface area contributed by atoms with Crippen LogP contribution in [0.1, 0.15) is 20.8 Å². The Hall–Kier alpha value is -3.44. The monoisotopic (exact) mass is 464 g/mol. The molecule has 3 heterocycles. The summed E-state index contributed by atoms with van der Waals surface area (Å²) >= 11 is 0. The third-order valence-corrected chi connectivity index (χ3v) is 5.30. The van der Waals surface area contributed by atoms with E-state index in [0.29, 0.717) is 0 Å². The number of hydrogen-bond acceptors (Lipinski definition) is 7. The first-order valence-corrected chi connectivity index (χ1v) is 10.6. The van der Waals surface area contributed by atoms with E-state index in [2.05, 4.69) is 10.3 Å². The third kappa shape index (κ3) is 5.15. The van der Waals surface area contributed by atoms with Crippen LogP contribution in [0.2, 0.25) is 0 Å². The fraction of sp³-hybridized carbons (Fsp3) is 0.524. The van der Waals surface area contributed by atoms with Crippen molar-refractivity contribution in [2.45, 2.75) is 39.0 Å². The molecule has 0 aliphatic carbocycles. The van der Waals surface area contributed by atoms with Crippen LogP contribution in [0.4, 0.5) is 29.7 Å². The van der Waals surface area contributed by atoms with Crippen LogP contribution in [-0.2, 0) is 16.0 Å². The van der Waals surface area contributed by atoms with Crippen LogP contribution in [0.5, 0.6) is 0 Å². The Morgan fingerprint density at radius 3 is 2.42 bits per heavy atom. The zero-order valence-corrected chi connectivity index (χ0v) is 18.7. The Morgan fingerprint density at radius 1 is 1.18 bits per heavy atom. The van der Waals surface area contributed by atoms with E-state index in [0.717, 1.165) is 12.1 Å². The van der Waals surface area contributed by atoms with Crippen LogP contribution in [0, 0.1) is 11.6 Å². The van der Waals surface area contributed by atoms with Gasteiger partial charge >= 0.3 is 12.2 Å². The van der Waals surface area contributed by atoms with Gasteiger partial charge in [0.15, 0.2) is 11.6 Å². The van der Waals surface area contributed by atoms with Gasteiger partial charge in [-0.1, -0.05) is 5.21 Å². The van der Waals surface area contributed by atoms with E-state index in [1.807, 2.05) is 0 Å². The minimum Gasteiger partial charge on any atom is -0.444 e. The number of benzene rings is 1. The molecule has 0 bridgehead atoms. The molecule has 1 atom stereocenters. The zero-order valence-electron chi connectivity index (χ0n) is 18.7. The first-order chi connectivity index (χ1) is 15.6. The molecule has 33 heavy (non-hydrogen) atoms. The first-order valence-electron chi connectivity index (χ1n) is 10.6. The molecule has 1 aromatic heterocycles. The maximum absolute atomic E-state index is 15.0. The largest absolute Gasteiger partial charge is 0.444 e. The molecular weight excluding hydrogens is 438 g/mol. The molecule has 12 heteroatoms. The molecule has 0 N–H and O–H groups in total. The summed E-state index contributed by atoms with van der Waals surface area (Å²) in [4.78, 5) is 28.7. The highest BCUT2D eigenvalue weighted by atomic mass is 19.1. The van der Waals surface area contributed by atoms with Crippen molar-refractivity contribution >= 4 is 23.6 Å². The number of hydrogen-bond donors (Lipinski definition) is 0. The van der Waals surface area contributed by atoms with Crippen LogP contribution in [0.25, 0.3) is 0 Å². The van der Waals surface area contributed by atoms with E-state index in [-0.39, 0.29) is 50.6 Å².